The Bertz CT molecular complexity index is 375. The minimum atomic E-state index is -0.461. The number of ether oxygens (including phenoxy) is 1. The Hall–Kier alpha value is -1.66. The minimum Gasteiger partial charge on any atom is -0.481 e. The number of amides is 1. The number of carbonyl (C=O) groups excluding carboxylic acids is 1. The molecule has 1 amide bonds. The van der Waals surface area contributed by atoms with Gasteiger partial charge in [-0.05, 0) is 41.8 Å². The molecule has 0 atom stereocenters. The van der Waals surface area contributed by atoms with Crippen LogP contribution in [0.2, 0.25) is 0 Å². The van der Waals surface area contributed by atoms with Gasteiger partial charge >= 0.3 is 0 Å². The van der Waals surface area contributed by atoms with Crippen LogP contribution in [0.1, 0.15) is 10.4 Å². The van der Waals surface area contributed by atoms with Crippen LogP contribution in [0.25, 0.3) is 0 Å². The highest BCUT2D eigenvalue weighted by Crippen LogP contribution is 2.11. The molecule has 72 valence electrons. The number of nitrogens with two attached hydrogens (primary N) is 1. The summed E-state index contributed by atoms with van der Waals surface area (Å²) in [6.45, 7) is 0.222. The van der Waals surface area contributed by atoms with Gasteiger partial charge in [0, 0.05) is 10.9 Å². The van der Waals surface area contributed by atoms with E-state index in [2.05, 4.69) is 11.3 Å². The van der Waals surface area contributed by atoms with E-state index in [4.69, 9.17) is 22.1 Å². The maximum atomic E-state index is 10.7. The average molecular weight is 210 g/mol. The second kappa shape index (κ2) is 5.15. The van der Waals surface area contributed by atoms with Gasteiger partial charge in [0.05, 0.1) is 0 Å². The maximum Gasteiger partial charge on any atom is 0.248 e. The molecule has 0 aliphatic rings. The lowest BCUT2D eigenvalue weighted by molar-refractivity contribution is 0.100. The lowest BCUT2D eigenvalue weighted by Gasteiger charge is -2.01. The number of hydrogen-bond acceptors (Lipinski definition) is 2. The van der Waals surface area contributed by atoms with Gasteiger partial charge in [-0.3, -0.25) is 4.79 Å². The van der Waals surface area contributed by atoms with Crippen molar-refractivity contribution in [2.24, 2.45) is 5.73 Å². The molecule has 0 aliphatic carbocycles. The van der Waals surface area contributed by atoms with Crippen molar-refractivity contribution in [1.82, 2.24) is 0 Å². The molecule has 1 aromatic carbocycles. The lowest BCUT2D eigenvalue weighted by Crippen LogP contribution is -2.10. The van der Waals surface area contributed by atoms with Crippen molar-refractivity contribution in [3.05, 3.63) is 29.8 Å². The molecule has 0 heterocycles. The highest BCUT2D eigenvalue weighted by atomic mass is 35.5. The normalized spacial score (nSPS) is 8.64. The zero-order valence-electron chi connectivity index (χ0n) is 7.29. The van der Waals surface area contributed by atoms with Crippen LogP contribution in [-0.2, 0) is 0 Å². The number of benzene rings is 1. The van der Waals surface area contributed by atoms with Gasteiger partial charge in [0.2, 0.25) is 5.91 Å². The second-order valence-electron chi connectivity index (χ2n) is 2.45. The summed E-state index contributed by atoms with van der Waals surface area (Å²) in [4.78, 5) is 10.7. The van der Waals surface area contributed by atoms with Crippen molar-refractivity contribution < 1.29 is 9.53 Å². The highest BCUT2D eigenvalue weighted by Gasteiger charge is 1.99. The van der Waals surface area contributed by atoms with Crippen LogP contribution in [0.4, 0.5) is 0 Å². The summed E-state index contributed by atoms with van der Waals surface area (Å²) in [5.41, 5.74) is 5.51. The van der Waals surface area contributed by atoms with Crippen molar-refractivity contribution in [2.75, 3.05) is 6.61 Å². The Morgan fingerprint density at radius 1 is 1.43 bits per heavy atom. The SMILES string of the molecule is NC(=O)c1ccc(OCC#CCl)cc1. The van der Waals surface area contributed by atoms with Gasteiger partial charge in [-0.1, -0.05) is 0 Å². The number of carbonyl (C=O) groups is 1. The molecule has 4 heteroatoms. The number of rotatable bonds is 3. The van der Waals surface area contributed by atoms with E-state index in [1.54, 1.807) is 24.3 Å². The van der Waals surface area contributed by atoms with Gasteiger partial charge < -0.3 is 10.5 Å². The first-order chi connectivity index (χ1) is 6.74. The Labute approximate surface area is 86.8 Å². The van der Waals surface area contributed by atoms with E-state index in [-0.39, 0.29) is 6.61 Å². The van der Waals surface area contributed by atoms with Crippen LogP contribution in [0, 0.1) is 11.3 Å². The zero-order chi connectivity index (χ0) is 10.4. The predicted molar refractivity (Wildman–Crippen MR) is 54.1 cm³/mol. The molecule has 0 unspecified atom stereocenters. The van der Waals surface area contributed by atoms with Gasteiger partial charge in [0.1, 0.15) is 12.4 Å². The maximum absolute atomic E-state index is 10.7. The number of primary amides is 1. The molecular weight excluding hydrogens is 202 g/mol. The van der Waals surface area contributed by atoms with Crippen LogP contribution in [0.3, 0.4) is 0 Å². The van der Waals surface area contributed by atoms with Crippen molar-refractivity contribution in [1.29, 1.82) is 0 Å². The Morgan fingerprint density at radius 2 is 2.07 bits per heavy atom. The minimum absolute atomic E-state index is 0.222. The van der Waals surface area contributed by atoms with Gasteiger partial charge in [-0.25, -0.2) is 0 Å². The van der Waals surface area contributed by atoms with Crippen LogP contribution in [-0.4, -0.2) is 12.5 Å². The molecule has 14 heavy (non-hydrogen) atoms. The third-order valence-electron chi connectivity index (χ3n) is 1.52. The van der Waals surface area contributed by atoms with E-state index < -0.39 is 5.91 Å². The van der Waals surface area contributed by atoms with Gasteiger partial charge in [-0.15, -0.1) is 0 Å². The third kappa shape index (κ3) is 3.00. The summed E-state index contributed by atoms with van der Waals surface area (Å²) >= 11 is 5.13. The molecule has 0 aliphatic heterocycles. The largest absolute Gasteiger partial charge is 0.481 e. The summed E-state index contributed by atoms with van der Waals surface area (Å²) in [6.07, 6.45) is 0. The number of halogens is 1. The van der Waals surface area contributed by atoms with Gasteiger partial charge in [0.15, 0.2) is 0 Å². The third-order valence-corrected chi connectivity index (χ3v) is 1.65. The van der Waals surface area contributed by atoms with Crippen molar-refractivity contribution >= 4 is 17.5 Å². The first-order valence-electron chi connectivity index (χ1n) is 3.85. The second-order valence-corrected chi connectivity index (χ2v) is 2.64. The zero-order valence-corrected chi connectivity index (χ0v) is 8.04. The van der Waals surface area contributed by atoms with Crippen molar-refractivity contribution in [3.63, 3.8) is 0 Å². The molecule has 3 nitrogen and oxygen atoms in total. The topological polar surface area (TPSA) is 52.3 Å². The molecule has 0 aromatic heterocycles. The van der Waals surface area contributed by atoms with Crippen molar-refractivity contribution in [2.45, 2.75) is 0 Å². The fourth-order valence-corrected chi connectivity index (χ4v) is 0.917. The van der Waals surface area contributed by atoms with Crippen LogP contribution < -0.4 is 10.5 Å². The Morgan fingerprint density at radius 3 is 2.57 bits per heavy atom. The van der Waals surface area contributed by atoms with E-state index in [9.17, 15) is 4.79 Å². The quantitative estimate of drug-likeness (QED) is 0.765. The van der Waals surface area contributed by atoms with E-state index in [1.165, 1.54) is 0 Å². The van der Waals surface area contributed by atoms with Gasteiger partial charge in [0.25, 0.3) is 0 Å². The van der Waals surface area contributed by atoms with Crippen LogP contribution in [0.15, 0.2) is 24.3 Å². The highest BCUT2D eigenvalue weighted by molar-refractivity contribution is 6.30. The molecule has 1 rings (SSSR count). The molecule has 0 radical (unpaired) electrons. The Kier molecular flexibility index (Phi) is 3.84. The summed E-state index contributed by atoms with van der Waals surface area (Å²) in [5.74, 6) is 2.69. The molecule has 2 N–H and O–H groups in total. The number of hydrogen-bond donors (Lipinski definition) is 1. The van der Waals surface area contributed by atoms with Crippen molar-refractivity contribution in [3.8, 4) is 17.0 Å². The summed E-state index contributed by atoms with van der Waals surface area (Å²) < 4.78 is 5.17. The predicted octanol–water partition coefficient (Wildman–Crippen LogP) is 1.36. The smallest absolute Gasteiger partial charge is 0.248 e. The molecule has 0 saturated carbocycles. The molecule has 0 saturated heterocycles. The average Bonchev–Trinajstić information content (AvgIpc) is 2.19. The summed E-state index contributed by atoms with van der Waals surface area (Å²) in [5, 5.41) is 2.19. The summed E-state index contributed by atoms with van der Waals surface area (Å²) in [6, 6.07) is 6.48. The monoisotopic (exact) mass is 209 g/mol. The van der Waals surface area contributed by atoms with Crippen LogP contribution >= 0.6 is 11.6 Å². The standard InChI is InChI=1S/C10H8ClNO2/c11-6-1-7-14-9-4-2-8(3-5-9)10(12)13/h2-5H,7H2,(H2,12,13). The summed E-state index contributed by atoms with van der Waals surface area (Å²) in [7, 11) is 0. The molecule has 1 aromatic rings. The molecule has 0 spiro atoms. The lowest BCUT2D eigenvalue weighted by atomic mass is 10.2. The molecular formula is C10H8ClNO2. The van der Waals surface area contributed by atoms with E-state index in [0.29, 0.717) is 11.3 Å². The van der Waals surface area contributed by atoms with E-state index in [0.717, 1.165) is 0 Å². The van der Waals surface area contributed by atoms with E-state index in [1.807, 2.05) is 0 Å². The molecule has 0 fully saturated rings. The fourth-order valence-electron chi connectivity index (χ4n) is 0.862. The molecule has 0 bridgehead atoms. The first-order valence-corrected chi connectivity index (χ1v) is 4.23. The van der Waals surface area contributed by atoms with Crippen LogP contribution in [0.5, 0.6) is 5.75 Å². The van der Waals surface area contributed by atoms with E-state index >= 15 is 0 Å². The van der Waals surface area contributed by atoms with Gasteiger partial charge in [-0.2, -0.15) is 0 Å². The first kappa shape index (κ1) is 10.4. The Balaban J connectivity index is 2.62. The fraction of sp³-hybridized carbons (Fsp3) is 0.100.